The summed E-state index contributed by atoms with van der Waals surface area (Å²) >= 11 is 0. The van der Waals surface area contributed by atoms with Gasteiger partial charge in [0, 0.05) is 0 Å². The van der Waals surface area contributed by atoms with Gasteiger partial charge in [0.1, 0.15) is 11.9 Å². The fourth-order valence-corrected chi connectivity index (χ4v) is 2.47. The van der Waals surface area contributed by atoms with E-state index in [0.29, 0.717) is 0 Å². The number of carboxylic acids is 1. The second kappa shape index (κ2) is 5.42. The maximum Gasteiger partial charge on any atom is 0.324 e. The van der Waals surface area contributed by atoms with Crippen molar-refractivity contribution >= 4 is 16.0 Å². The number of sulfonamides is 1. The van der Waals surface area contributed by atoms with Crippen molar-refractivity contribution in [2.24, 2.45) is 0 Å². The van der Waals surface area contributed by atoms with E-state index in [-0.39, 0.29) is 4.90 Å². The van der Waals surface area contributed by atoms with Crippen LogP contribution in [-0.2, 0) is 14.8 Å². The number of rotatable bonds is 5. The van der Waals surface area contributed by atoms with Crippen LogP contribution < -0.4 is 4.72 Å². The first kappa shape index (κ1) is 14.6. The molecule has 0 unspecified atom stereocenters. The molecule has 0 aliphatic carbocycles. The molecule has 0 amide bonds. The fourth-order valence-electron chi connectivity index (χ4n) is 1.20. The summed E-state index contributed by atoms with van der Waals surface area (Å²) < 4.78 is 38.0. The number of hydrogen-bond acceptors (Lipinski definition) is 4. The first-order valence-corrected chi connectivity index (χ1v) is 6.41. The molecule has 0 saturated heterocycles. The van der Waals surface area contributed by atoms with Crippen LogP contribution in [0.15, 0.2) is 29.2 Å². The number of nitrogens with one attached hydrogen (secondary N) is 1. The number of benzene rings is 1. The van der Waals surface area contributed by atoms with Gasteiger partial charge >= 0.3 is 5.97 Å². The molecule has 8 heteroatoms. The van der Waals surface area contributed by atoms with Crippen LogP contribution in [0.1, 0.15) is 6.92 Å². The van der Waals surface area contributed by atoms with Crippen molar-refractivity contribution < 1.29 is 27.8 Å². The lowest BCUT2D eigenvalue weighted by Crippen LogP contribution is -2.47. The lowest BCUT2D eigenvalue weighted by molar-refractivity contribution is -0.141. The average molecular weight is 277 g/mol. The fraction of sp³-hybridized carbons (Fsp3) is 0.300. The molecule has 0 bridgehead atoms. The molecule has 0 aliphatic rings. The summed E-state index contributed by atoms with van der Waals surface area (Å²) in [5.41, 5.74) is 0. The molecular formula is C10H12FNO5S. The summed E-state index contributed by atoms with van der Waals surface area (Å²) in [5, 5.41) is 17.9. The Morgan fingerprint density at radius 3 is 2.22 bits per heavy atom. The van der Waals surface area contributed by atoms with E-state index in [1.165, 1.54) is 0 Å². The quantitative estimate of drug-likeness (QED) is 0.699. The van der Waals surface area contributed by atoms with Gasteiger partial charge in [-0.05, 0) is 31.2 Å². The number of halogens is 1. The van der Waals surface area contributed by atoms with Gasteiger partial charge in [-0.2, -0.15) is 4.72 Å². The molecule has 2 atom stereocenters. The average Bonchev–Trinajstić information content (AvgIpc) is 2.26. The summed E-state index contributed by atoms with van der Waals surface area (Å²) in [7, 11) is -4.12. The van der Waals surface area contributed by atoms with Crippen LogP contribution in [-0.4, -0.2) is 36.7 Å². The largest absolute Gasteiger partial charge is 0.480 e. The van der Waals surface area contributed by atoms with Crippen LogP contribution >= 0.6 is 0 Å². The number of carbonyl (C=O) groups is 1. The molecular weight excluding hydrogens is 265 g/mol. The van der Waals surface area contributed by atoms with Gasteiger partial charge in [-0.1, -0.05) is 0 Å². The monoisotopic (exact) mass is 277 g/mol. The zero-order chi connectivity index (χ0) is 13.9. The molecule has 0 heterocycles. The SMILES string of the molecule is C[C@H](O)[C@H](NS(=O)(=O)c1ccc(F)cc1)C(=O)O. The molecule has 18 heavy (non-hydrogen) atoms. The first-order chi connectivity index (χ1) is 8.24. The maximum absolute atomic E-state index is 12.6. The van der Waals surface area contributed by atoms with Crippen molar-refractivity contribution in [1.82, 2.24) is 4.72 Å². The Hall–Kier alpha value is -1.51. The second-order valence-corrected chi connectivity index (χ2v) is 5.35. The Bertz CT molecular complexity index is 526. The number of carboxylic acid groups (broad SMARTS) is 1. The van der Waals surface area contributed by atoms with Crippen molar-refractivity contribution in [3.63, 3.8) is 0 Å². The summed E-state index contributed by atoms with van der Waals surface area (Å²) in [6, 6.07) is 2.21. The first-order valence-electron chi connectivity index (χ1n) is 4.93. The number of hydrogen-bond donors (Lipinski definition) is 3. The molecule has 0 spiro atoms. The Balaban J connectivity index is 3.01. The van der Waals surface area contributed by atoms with Crippen molar-refractivity contribution in [1.29, 1.82) is 0 Å². The van der Waals surface area contributed by atoms with Crippen molar-refractivity contribution in [2.45, 2.75) is 24.0 Å². The third kappa shape index (κ3) is 3.49. The number of aliphatic carboxylic acids is 1. The van der Waals surface area contributed by atoms with Crippen LogP contribution in [0.2, 0.25) is 0 Å². The molecule has 1 rings (SSSR count). The molecule has 0 aliphatic heterocycles. The van der Waals surface area contributed by atoms with Crippen LogP contribution in [0, 0.1) is 5.82 Å². The van der Waals surface area contributed by atoms with Gasteiger partial charge in [0.25, 0.3) is 0 Å². The highest BCUT2D eigenvalue weighted by molar-refractivity contribution is 7.89. The third-order valence-corrected chi connectivity index (χ3v) is 3.61. The van der Waals surface area contributed by atoms with Gasteiger partial charge in [0.2, 0.25) is 10.0 Å². The van der Waals surface area contributed by atoms with E-state index in [2.05, 4.69) is 0 Å². The predicted octanol–water partition coefficient (Wildman–Crippen LogP) is -0.0620. The van der Waals surface area contributed by atoms with E-state index >= 15 is 0 Å². The molecule has 1 aromatic carbocycles. The van der Waals surface area contributed by atoms with Gasteiger partial charge in [-0.15, -0.1) is 0 Å². The highest BCUT2D eigenvalue weighted by atomic mass is 32.2. The van der Waals surface area contributed by atoms with Gasteiger partial charge in [0.05, 0.1) is 11.0 Å². The zero-order valence-electron chi connectivity index (χ0n) is 9.37. The summed E-state index contributed by atoms with van der Waals surface area (Å²) in [5.74, 6) is -2.12. The Morgan fingerprint density at radius 1 is 1.33 bits per heavy atom. The predicted molar refractivity (Wildman–Crippen MR) is 59.8 cm³/mol. The van der Waals surface area contributed by atoms with Crippen LogP contribution in [0.3, 0.4) is 0 Å². The molecule has 1 aromatic rings. The third-order valence-electron chi connectivity index (χ3n) is 2.15. The molecule has 0 fully saturated rings. The van der Waals surface area contributed by atoms with E-state index in [4.69, 9.17) is 10.2 Å². The Morgan fingerprint density at radius 2 is 1.83 bits per heavy atom. The minimum Gasteiger partial charge on any atom is -0.480 e. The van der Waals surface area contributed by atoms with Gasteiger partial charge in [-0.3, -0.25) is 4.79 Å². The molecule has 100 valence electrons. The lowest BCUT2D eigenvalue weighted by Gasteiger charge is -2.17. The van der Waals surface area contributed by atoms with E-state index < -0.39 is 34.0 Å². The van der Waals surface area contributed by atoms with Crippen molar-refractivity contribution in [2.75, 3.05) is 0 Å². The zero-order valence-corrected chi connectivity index (χ0v) is 10.2. The summed E-state index contributed by atoms with van der Waals surface area (Å²) in [6.45, 7) is 1.14. The van der Waals surface area contributed by atoms with Gasteiger partial charge in [-0.25, -0.2) is 12.8 Å². The minimum atomic E-state index is -4.12. The normalized spacial score (nSPS) is 15.1. The lowest BCUT2D eigenvalue weighted by atomic mass is 10.2. The maximum atomic E-state index is 12.6. The highest BCUT2D eigenvalue weighted by Gasteiger charge is 2.29. The van der Waals surface area contributed by atoms with Gasteiger partial charge in [0.15, 0.2) is 0 Å². The minimum absolute atomic E-state index is 0.282. The topological polar surface area (TPSA) is 104 Å². The van der Waals surface area contributed by atoms with Crippen molar-refractivity contribution in [3.8, 4) is 0 Å². The van der Waals surface area contributed by atoms with E-state index in [1.807, 2.05) is 4.72 Å². The van der Waals surface area contributed by atoms with Crippen molar-refractivity contribution in [3.05, 3.63) is 30.1 Å². The Labute approximate surface area is 103 Å². The van der Waals surface area contributed by atoms with Gasteiger partial charge < -0.3 is 10.2 Å². The molecule has 3 N–H and O–H groups in total. The standard InChI is InChI=1S/C10H12FNO5S/c1-6(13)9(10(14)15)12-18(16,17)8-4-2-7(11)3-5-8/h2-6,9,12-13H,1H3,(H,14,15)/t6-,9-/m0/s1. The van der Waals surface area contributed by atoms with E-state index in [0.717, 1.165) is 31.2 Å². The smallest absolute Gasteiger partial charge is 0.324 e. The molecule has 6 nitrogen and oxygen atoms in total. The molecule has 0 aromatic heterocycles. The highest BCUT2D eigenvalue weighted by Crippen LogP contribution is 2.11. The van der Waals surface area contributed by atoms with Crippen LogP contribution in [0.4, 0.5) is 4.39 Å². The number of aliphatic hydroxyl groups is 1. The van der Waals surface area contributed by atoms with E-state index in [1.54, 1.807) is 0 Å². The Kier molecular flexibility index (Phi) is 4.38. The van der Waals surface area contributed by atoms with Crippen LogP contribution in [0.5, 0.6) is 0 Å². The molecule has 0 radical (unpaired) electrons. The summed E-state index contributed by atoms with van der Waals surface area (Å²) in [4.78, 5) is 10.5. The molecule has 0 saturated carbocycles. The van der Waals surface area contributed by atoms with E-state index in [9.17, 15) is 17.6 Å². The second-order valence-electron chi connectivity index (χ2n) is 3.63. The van der Waals surface area contributed by atoms with Crippen LogP contribution in [0.25, 0.3) is 0 Å². The summed E-state index contributed by atoms with van der Waals surface area (Å²) in [6.07, 6.45) is -1.40. The number of aliphatic hydroxyl groups excluding tert-OH is 1.